The van der Waals surface area contributed by atoms with Crippen molar-refractivity contribution in [3.8, 4) is 56.4 Å². The molecule has 69 heavy (non-hydrogen) atoms. The zero-order chi connectivity index (χ0) is 46.4. The summed E-state index contributed by atoms with van der Waals surface area (Å²) in [7, 11) is 0. The highest BCUT2D eigenvalue weighted by Crippen LogP contribution is 2.47. The molecule has 0 N–H and O–H groups in total. The lowest BCUT2D eigenvalue weighted by Crippen LogP contribution is -2.57. The second kappa shape index (κ2) is 15.7. The van der Waals surface area contributed by atoms with Crippen molar-refractivity contribution in [1.29, 1.82) is 0 Å². The first-order valence-corrected chi connectivity index (χ1v) is 24.2. The highest BCUT2D eigenvalue weighted by Gasteiger charge is 2.42. The average molecular weight is 885 g/mol. The van der Waals surface area contributed by atoms with Gasteiger partial charge in [0.05, 0.1) is 0 Å². The van der Waals surface area contributed by atoms with Crippen LogP contribution in [0.4, 0.5) is 0 Å². The molecule has 2 heterocycles. The van der Waals surface area contributed by atoms with Crippen molar-refractivity contribution >= 4 is 55.4 Å². The van der Waals surface area contributed by atoms with E-state index in [9.17, 15) is 0 Å². The molecule has 0 amide bonds. The molecular formula is C66H49BO2. The summed E-state index contributed by atoms with van der Waals surface area (Å²) in [4.78, 5) is 0. The Bertz CT molecular complexity index is 3640. The first-order valence-electron chi connectivity index (χ1n) is 24.2. The quantitative estimate of drug-likeness (QED) is 0.117. The molecule has 0 unspecified atom stereocenters. The van der Waals surface area contributed by atoms with Gasteiger partial charge in [0.15, 0.2) is 0 Å². The number of fused-ring (bicyclic) bond motifs is 7. The predicted molar refractivity (Wildman–Crippen MR) is 290 cm³/mol. The number of hydrogen-bond acceptors (Lipinski definition) is 2. The molecule has 2 aliphatic rings. The van der Waals surface area contributed by atoms with E-state index < -0.39 is 0 Å². The van der Waals surface area contributed by atoms with Crippen LogP contribution in [-0.2, 0) is 10.8 Å². The molecule has 0 fully saturated rings. The highest BCUT2D eigenvalue weighted by atomic mass is 16.5. The first-order chi connectivity index (χ1) is 33.7. The summed E-state index contributed by atoms with van der Waals surface area (Å²) in [5.41, 5.74) is 15.0. The Morgan fingerprint density at radius 2 is 0.739 bits per heavy atom. The number of hydrogen-bond donors (Lipinski definition) is 0. The second-order valence-electron chi connectivity index (χ2n) is 20.0. The normalized spacial score (nSPS) is 12.8. The van der Waals surface area contributed by atoms with E-state index in [-0.39, 0.29) is 17.5 Å². The van der Waals surface area contributed by atoms with Gasteiger partial charge in [0.25, 0.3) is 6.71 Å². The molecule has 13 rings (SSSR count). The van der Waals surface area contributed by atoms with Gasteiger partial charge in [-0.15, -0.1) is 0 Å². The Morgan fingerprint density at radius 3 is 1.25 bits per heavy atom. The van der Waals surface area contributed by atoms with Crippen LogP contribution in [0.2, 0.25) is 0 Å². The molecular weight excluding hydrogens is 836 g/mol. The van der Waals surface area contributed by atoms with Crippen molar-refractivity contribution in [3.63, 3.8) is 0 Å². The molecule has 2 aliphatic heterocycles. The Labute approximate surface area is 404 Å². The van der Waals surface area contributed by atoms with Crippen molar-refractivity contribution in [2.24, 2.45) is 0 Å². The van der Waals surface area contributed by atoms with Gasteiger partial charge in [0.2, 0.25) is 0 Å². The molecule has 0 saturated carbocycles. The maximum Gasteiger partial charge on any atom is 0.260 e. The lowest BCUT2D eigenvalue weighted by molar-refractivity contribution is 0.464. The van der Waals surface area contributed by atoms with E-state index in [4.69, 9.17) is 9.47 Å². The second-order valence-corrected chi connectivity index (χ2v) is 20.0. The summed E-state index contributed by atoms with van der Waals surface area (Å²) in [5.74, 6) is 3.41. The van der Waals surface area contributed by atoms with Crippen molar-refractivity contribution in [2.75, 3.05) is 0 Å². The van der Waals surface area contributed by atoms with Crippen LogP contribution >= 0.6 is 0 Å². The van der Waals surface area contributed by atoms with Crippen molar-refractivity contribution in [2.45, 2.75) is 38.5 Å². The number of benzene rings is 11. The lowest BCUT2D eigenvalue weighted by atomic mass is 9.34. The van der Waals surface area contributed by atoms with Crippen LogP contribution in [0.5, 0.6) is 23.0 Å². The fourth-order valence-corrected chi connectivity index (χ4v) is 11.5. The van der Waals surface area contributed by atoms with Crippen molar-refractivity contribution in [3.05, 3.63) is 247 Å². The molecule has 0 aromatic heterocycles. The third-order valence-corrected chi connectivity index (χ3v) is 15.4. The van der Waals surface area contributed by atoms with E-state index in [1.54, 1.807) is 0 Å². The summed E-state index contributed by atoms with van der Waals surface area (Å²) >= 11 is 0. The minimum atomic E-state index is -0.235. The monoisotopic (exact) mass is 884 g/mol. The summed E-state index contributed by atoms with van der Waals surface area (Å²) in [5, 5.41) is 7.27. The largest absolute Gasteiger partial charge is 0.458 e. The van der Waals surface area contributed by atoms with Gasteiger partial charge < -0.3 is 9.47 Å². The summed E-state index contributed by atoms with van der Waals surface area (Å²) < 4.78 is 14.3. The van der Waals surface area contributed by atoms with Crippen LogP contribution < -0.4 is 25.9 Å². The van der Waals surface area contributed by atoms with Crippen LogP contribution in [0.25, 0.3) is 65.7 Å². The van der Waals surface area contributed by atoms with Crippen molar-refractivity contribution < 1.29 is 9.47 Å². The minimum absolute atomic E-state index is 0.109. The van der Waals surface area contributed by atoms with E-state index in [0.29, 0.717) is 0 Å². The zero-order valence-corrected chi connectivity index (χ0v) is 39.3. The van der Waals surface area contributed by atoms with E-state index >= 15 is 0 Å². The Hall–Kier alpha value is -8.14. The van der Waals surface area contributed by atoms with Gasteiger partial charge in [-0.3, -0.25) is 0 Å². The SMILES string of the molecule is CC(C)(c1ccccc1)c1ccc2c(c1)B1c3cc(C(C)(C)c4ccccc4)ccc3Oc3cc(-c4c5ccccc5c(-c5ccc(-c6cccc7ccccc67)cc5)c5ccccc45)cc(c31)O2. The molecule has 0 spiro atoms. The molecule has 0 bridgehead atoms. The van der Waals surface area contributed by atoms with Crippen LogP contribution in [0, 0.1) is 0 Å². The Morgan fingerprint density at radius 1 is 0.319 bits per heavy atom. The molecule has 3 heteroatoms. The third kappa shape index (κ3) is 6.56. The summed E-state index contributed by atoms with van der Waals surface area (Å²) in [6.45, 7) is 9.17. The van der Waals surface area contributed by atoms with Gasteiger partial charge in [-0.25, -0.2) is 0 Å². The molecule has 0 radical (unpaired) electrons. The standard InChI is InChI=1S/C66H49BO2/c1-65(2,46-20-7-5-8-21-46)48-34-36-58-56(40-48)67-57-41-49(66(3,4)47-22-9-6-10-23-47)35-37-59(57)69-61-39-45(38-60(68-58)64(61)67)63-54-27-15-13-25-52(54)62(53-26-14-16-28-55(53)63)44-32-30-43(31-33-44)51-29-17-19-42-18-11-12-24-50(42)51/h5-41H,1-4H3. The topological polar surface area (TPSA) is 18.5 Å². The fraction of sp³-hybridized carbons (Fsp3) is 0.0909. The minimum Gasteiger partial charge on any atom is -0.458 e. The van der Waals surface area contributed by atoms with Gasteiger partial charge in [-0.2, -0.15) is 0 Å². The van der Waals surface area contributed by atoms with Crippen LogP contribution in [-0.4, -0.2) is 6.71 Å². The van der Waals surface area contributed by atoms with Gasteiger partial charge >= 0.3 is 0 Å². The zero-order valence-electron chi connectivity index (χ0n) is 39.3. The molecule has 11 aromatic carbocycles. The molecule has 0 atom stereocenters. The molecule has 0 aliphatic carbocycles. The maximum absolute atomic E-state index is 7.15. The number of rotatable bonds is 7. The number of ether oxygens (including phenoxy) is 2. The molecule has 2 nitrogen and oxygen atoms in total. The maximum atomic E-state index is 7.15. The highest BCUT2D eigenvalue weighted by molar-refractivity contribution is 6.98. The molecule has 328 valence electrons. The van der Waals surface area contributed by atoms with E-state index in [1.165, 1.54) is 76.8 Å². The Kier molecular flexibility index (Phi) is 9.36. The smallest absolute Gasteiger partial charge is 0.260 e. The fourth-order valence-electron chi connectivity index (χ4n) is 11.5. The molecule has 0 saturated heterocycles. The lowest BCUT2D eigenvalue weighted by Gasteiger charge is -2.36. The predicted octanol–water partition coefficient (Wildman–Crippen LogP) is 15.5. The van der Waals surface area contributed by atoms with Crippen molar-refractivity contribution in [1.82, 2.24) is 0 Å². The first kappa shape index (κ1) is 41.1. The average Bonchev–Trinajstić information content (AvgIpc) is 3.40. The van der Waals surface area contributed by atoms with E-state index in [1.807, 2.05) is 0 Å². The van der Waals surface area contributed by atoms with Gasteiger partial charge in [-0.1, -0.05) is 228 Å². The van der Waals surface area contributed by atoms with E-state index in [2.05, 4.69) is 252 Å². The summed E-state index contributed by atoms with van der Waals surface area (Å²) in [6.07, 6.45) is 0. The van der Waals surface area contributed by atoms with E-state index in [0.717, 1.165) is 50.5 Å². The van der Waals surface area contributed by atoms with Gasteiger partial charge in [0.1, 0.15) is 23.0 Å². The van der Waals surface area contributed by atoms with Crippen LogP contribution in [0.15, 0.2) is 224 Å². The van der Waals surface area contributed by atoms with Gasteiger partial charge in [0, 0.05) is 16.3 Å². The summed E-state index contributed by atoms with van der Waals surface area (Å²) in [6, 6.07) is 82.0. The Balaban J connectivity index is 0.986. The molecule has 11 aromatic rings. The van der Waals surface area contributed by atoms with Crippen LogP contribution in [0.1, 0.15) is 49.9 Å². The van der Waals surface area contributed by atoms with Crippen LogP contribution in [0.3, 0.4) is 0 Å². The third-order valence-electron chi connectivity index (χ3n) is 15.4. The van der Waals surface area contributed by atoms with Gasteiger partial charge in [-0.05, 0) is 123 Å².